The molecular formula is C12H13N3O3. The van der Waals surface area contributed by atoms with E-state index >= 15 is 0 Å². The minimum Gasteiger partial charge on any atom is -0.338 e. The highest BCUT2D eigenvalue weighted by Gasteiger charge is 2.04. The van der Waals surface area contributed by atoms with Gasteiger partial charge in [-0.15, -0.1) is 6.42 Å². The number of urea groups is 1. The van der Waals surface area contributed by atoms with Crippen molar-refractivity contribution in [3.8, 4) is 12.3 Å². The zero-order valence-corrected chi connectivity index (χ0v) is 9.68. The maximum atomic E-state index is 11.1. The zero-order valence-electron chi connectivity index (χ0n) is 9.68. The van der Waals surface area contributed by atoms with Gasteiger partial charge in [0.05, 0.1) is 11.5 Å². The Morgan fingerprint density at radius 2 is 2.00 bits per heavy atom. The second-order valence-corrected chi connectivity index (χ2v) is 3.49. The average Bonchev–Trinajstić information content (AvgIpc) is 2.37. The molecule has 0 heterocycles. The van der Waals surface area contributed by atoms with Gasteiger partial charge in [0.25, 0.3) is 5.69 Å². The van der Waals surface area contributed by atoms with Gasteiger partial charge in [0, 0.05) is 18.7 Å². The molecule has 1 rings (SSSR count). The van der Waals surface area contributed by atoms with Crippen molar-refractivity contribution >= 4 is 11.7 Å². The number of terminal acetylenes is 1. The molecule has 2 N–H and O–H groups in total. The first kappa shape index (κ1) is 13.5. The second-order valence-electron chi connectivity index (χ2n) is 3.49. The molecule has 0 atom stereocenters. The van der Waals surface area contributed by atoms with Crippen molar-refractivity contribution in [3.05, 3.63) is 39.9 Å². The van der Waals surface area contributed by atoms with Crippen LogP contribution in [-0.2, 0) is 6.42 Å². The first-order valence-corrected chi connectivity index (χ1v) is 5.32. The summed E-state index contributed by atoms with van der Waals surface area (Å²) >= 11 is 0. The van der Waals surface area contributed by atoms with Crippen molar-refractivity contribution in [1.29, 1.82) is 0 Å². The van der Waals surface area contributed by atoms with Crippen LogP contribution in [0.15, 0.2) is 24.3 Å². The second kappa shape index (κ2) is 6.91. The molecule has 0 saturated carbocycles. The highest BCUT2D eigenvalue weighted by Crippen LogP contribution is 2.11. The van der Waals surface area contributed by atoms with Crippen LogP contribution >= 0.6 is 0 Å². The highest BCUT2D eigenvalue weighted by molar-refractivity contribution is 5.74. The number of benzene rings is 1. The maximum Gasteiger partial charge on any atom is 0.315 e. The first-order chi connectivity index (χ1) is 8.63. The number of amides is 2. The topological polar surface area (TPSA) is 84.3 Å². The van der Waals surface area contributed by atoms with Gasteiger partial charge in [0.2, 0.25) is 0 Å². The summed E-state index contributed by atoms with van der Waals surface area (Å²) in [5.74, 6) is 2.29. The summed E-state index contributed by atoms with van der Waals surface area (Å²) in [5.41, 5.74) is 0.969. The number of nitrogens with one attached hydrogen (secondary N) is 2. The minimum absolute atomic E-state index is 0.0541. The van der Waals surface area contributed by atoms with Crippen LogP contribution in [0, 0.1) is 22.5 Å². The standard InChI is InChI=1S/C12H13N3O3/c1-2-8-13-12(16)14-9-7-10-3-5-11(6-4-10)15(17)18/h1,3-6H,7-9H2,(H2,13,14,16). The molecule has 0 aliphatic carbocycles. The van der Waals surface area contributed by atoms with E-state index in [0.29, 0.717) is 13.0 Å². The molecule has 18 heavy (non-hydrogen) atoms. The number of rotatable bonds is 5. The molecule has 1 aromatic rings. The summed E-state index contributed by atoms with van der Waals surface area (Å²) in [6.07, 6.45) is 5.59. The third kappa shape index (κ3) is 4.53. The molecule has 0 aromatic heterocycles. The van der Waals surface area contributed by atoms with Gasteiger partial charge in [-0.05, 0) is 12.0 Å². The highest BCUT2D eigenvalue weighted by atomic mass is 16.6. The zero-order chi connectivity index (χ0) is 13.4. The molecule has 0 fully saturated rings. The van der Waals surface area contributed by atoms with Crippen LogP contribution in [0.3, 0.4) is 0 Å². The fraction of sp³-hybridized carbons (Fsp3) is 0.250. The van der Waals surface area contributed by atoms with Gasteiger partial charge in [-0.1, -0.05) is 18.1 Å². The monoisotopic (exact) mass is 247 g/mol. The van der Waals surface area contributed by atoms with Crippen molar-refractivity contribution in [2.24, 2.45) is 0 Å². The predicted octanol–water partition coefficient (Wildman–Crippen LogP) is 1.07. The molecule has 0 aliphatic rings. The van der Waals surface area contributed by atoms with Crippen molar-refractivity contribution < 1.29 is 9.72 Å². The maximum absolute atomic E-state index is 11.1. The summed E-state index contributed by atoms with van der Waals surface area (Å²) < 4.78 is 0. The Morgan fingerprint density at radius 1 is 1.33 bits per heavy atom. The fourth-order valence-corrected chi connectivity index (χ4v) is 1.30. The van der Waals surface area contributed by atoms with E-state index in [2.05, 4.69) is 16.6 Å². The number of hydrogen-bond acceptors (Lipinski definition) is 3. The lowest BCUT2D eigenvalue weighted by atomic mass is 10.1. The van der Waals surface area contributed by atoms with E-state index in [4.69, 9.17) is 6.42 Å². The van der Waals surface area contributed by atoms with Gasteiger partial charge in [-0.25, -0.2) is 4.79 Å². The van der Waals surface area contributed by atoms with Gasteiger partial charge in [0.1, 0.15) is 0 Å². The summed E-state index contributed by atoms with van der Waals surface area (Å²) in [7, 11) is 0. The quantitative estimate of drug-likeness (QED) is 0.463. The Morgan fingerprint density at radius 3 is 2.56 bits per heavy atom. The number of nitrogens with zero attached hydrogens (tertiary/aromatic N) is 1. The van der Waals surface area contributed by atoms with E-state index in [0.717, 1.165) is 5.56 Å². The van der Waals surface area contributed by atoms with Crippen LogP contribution in [0.4, 0.5) is 10.5 Å². The lowest BCUT2D eigenvalue weighted by Crippen LogP contribution is -2.36. The van der Waals surface area contributed by atoms with Crippen molar-refractivity contribution in [3.63, 3.8) is 0 Å². The van der Waals surface area contributed by atoms with Crippen LogP contribution in [0.2, 0.25) is 0 Å². The average molecular weight is 247 g/mol. The van der Waals surface area contributed by atoms with Crippen LogP contribution in [0.5, 0.6) is 0 Å². The molecular weight excluding hydrogens is 234 g/mol. The van der Waals surface area contributed by atoms with Gasteiger partial charge in [-0.3, -0.25) is 10.1 Å². The molecule has 6 nitrogen and oxygen atoms in total. The van der Waals surface area contributed by atoms with E-state index in [1.807, 2.05) is 0 Å². The van der Waals surface area contributed by atoms with Crippen LogP contribution < -0.4 is 10.6 Å². The number of nitro benzene ring substituents is 1. The van der Waals surface area contributed by atoms with Gasteiger partial charge < -0.3 is 10.6 Å². The molecule has 0 radical (unpaired) electrons. The normalized spacial score (nSPS) is 9.28. The molecule has 2 amide bonds. The molecule has 94 valence electrons. The minimum atomic E-state index is -0.449. The molecule has 1 aromatic carbocycles. The molecule has 0 spiro atoms. The van der Waals surface area contributed by atoms with Crippen LogP contribution in [0.1, 0.15) is 5.56 Å². The number of carbonyl (C=O) groups is 1. The Bertz CT molecular complexity index is 462. The Hall–Kier alpha value is -2.55. The van der Waals surface area contributed by atoms with Crippen molar-refractivity contribution in [1.82, 2.24) is 10.6 Å². The van der Waals surface area contributed by atoms with E-state index in [-0.39, 0.29) is 18.3 Å². The van der Waals surface area contributed by atoms with Gasteiger partial charge in [-0.2, -0.15) is 0 Å². The van der Waals surface area contributed by atoms with Gasteiger partial charge >= 0.3 is 6.03 Å². The first-order valence-electron chi connectivity index (χ1n) is 5.32. The van der Waals surface area contributed by atoms with E-state index in [1.165, 1.54) is 12.1 Å². The molecule has 0 saturated heterocycles. The Labute approximate surface area is 105 Å². The van der Waals surface area contributed by atoms with E-state index in [1.54, 1.807) is 12.1 Å². The third-order valence-electron chi connectivity index (χ3n) is 2.20. The van der Waals surface area contributed by atoms with Gasteiger partial charge in [0.15, 0.2) is 0 Å². The van der Waals surface area contributed by atoms with E-state index < -0.39 is 4.92 Å². The number of nitro groups is 1. The summed E-state index contributed by atoms with van der Waals surface area (Å²) in [6, 6.07) is 5.88. The molecule has 0 aliphatic heterocycles. The molecule has 0 unspecified atom stereocenters. The smallest absolute Gasteiger partial charge is 0.315 e. The number of carbonyl (C=O) groups excluding carboxylic acids is 1. The number of hydrogen-bond donors (Lipinski definition) is 2. The van der Waals surface area contributed by atoms with Crippen molar-refractivity contribution in [2.75, 3.05) is 13.1 Å². The lowest BCUT2D eigenvalue weighted by molar-refractivity contribution is -0.384. The largest absolute Gasteiger partial charge is 0.338 e. The predicted molar refractivity (Wildman–Crippen MR) is 67.0 cm³/mol. The van der Waals surface area contributed by atoms with E-state index in [9.17, 15) is 14.9 Å². The lowest BCUT2D eigenvalue weighted by Gasteiger charge is -2.05. The third-order valence-corrected chi connectivity index (χ3v) is 2.20. The van der Waals surface area contributed by atoms with Crippen LogP contribution in [0.25, 0.3) is 0 Å². The molecule has 0 bridgehead atoms. The number of non-ortho nitro benzene ring substituents is 1. The van der Waals surface area contributed by atoms with Crippen molar-refractivity contribution in [2.45, 2.75) is 6.42 Å². The Balaban J connectivity index is 2.34. The Kier molecular flexibility index (Phi) is 5.19. The van der Waals surface area contributed by atoms with Crippen LogP contribution in [-0.4, -0.2) is 24.0 Å². The molecule has 6 heteroatoms. The summed E-state index contributed by atoms with van der Waals surface area (Å²) in [4.78, 5) is 21.1. The summed E-state index contributed by atoms with van der Waals surface area (Å²) in [6.45, 7) is 0.623. The fourth-order valence-electron chi connectivity index (χ4n) is 1.30. The summed E-state index contributed by atoms with van der Waals surface area (Å²) in [5, 5.41) is 15.5. The SMILES string of the molecule is C#CCNC(=O)NCCc1ccc([N+](=O)[O-])cc1.